The van der Waals surface area contributed by atoms with Crippen molar-refractivity contribution >= 4 is 45.2 Å². The molecule has 8 heteroatoms. The number of allylic oxidation sites excluding steroid dienone is 7. The molecule has 43 heavy (non-hydrogen) atoms. The minimum Gasteiger partial charge on any atom is -0.348 e. The van der Waals surface area contributed by atoms with Crippen LogP contribution in [0.3, 0.4) is 0 Å². The molecular formula is C35H38N6OS. The maximum absolute atomic E-state index is 12.9. The van der Waals surface area contributed by atoms with Crippen LogP contribution in [0.5, 0.6) is 0 Å². The molecule has 0 atom stereocenters. The van der Waals surface area contributed by atoms with Crippen molar-refractivity contribution in [1.29, 1.82) is 0 Å². The number of carbonyl (C=O) groups excluding carboxylic acids is 1. The van der Waals surface area contributed by atoms with Crippen molar-refractivity contribution in [3.63, 3.8) is 0 Å². The lowest BCUT2D eigenvalue weighted by atomic mass is 9.88. The summed E-state index contributed by atoms with van der Waals surface area (Å²) in [4.78, 5) is 24.1. The van der Waals surface area contributed by atoms with E-state index in [0.29, 0.717) is 0 Å². The second-order valence-corrected chi connectivity index (χ2v) is 12.7. The third-order valence-corrected chi connectivity index (χ3v) is 9.18. The van der Waals surface area contributed by atoms with E-state index in [1.54, 1.807) is 11.3 Å². The summed E-state index contributed by atoms with van der Waals surface area (Å²) in [5.41, 5.74) is 8.96. The minimum atomic E-state index is 0.0956. The summed E-state index contributed by atoms with van der Waals surface area (Å²) in [5, 5.41) is 14.4. The Labute approximate surface area is 256 Å². The number of rotatable bonds is 8. The largest absolute Gasteiger partial charge is 0.348 e. The van der Waals surface area contributed by atoms with Crippen molar-refractivity contribution in [2.24, 2.45) is 5.92 Å². The Bertz CT molecular complexity index is 1800. The van der Waals surface area contributed by atoms with Crippen molar-refractivity contribution < 1.29 is 4.79 Å². The molecule has 4 N–H and O–H groups in total. The Morgan fingerprint density at radius 3 is 2.77 bits per heavy atom. The van der Waals surface area contributed by atoms with Gasteiger partial charge in [0.1, 0.15) is 17.0 Å². The van der Waals surface area contributed by atoms with Crippen molar-refractivity contribution in [2.45, 2.75) is 59.3 Å². The van der Waals surface area contributed by atoms with Gasteiger partial charge in [-0.3, -0.25) is 9.89 Å². The van der Waals surface area contributed by atoms with E-state index in [1.165, 1.54) is 16.2 Å². The molecule has 0 unspecified atom stereocenters. The summed E-state index contributed by atoms with van der Waals surface area (Å²) in [6.07, 6.45) is 16.4. The maximum atomic E-state index is 12.9. The van der Waals surface area contributed by atoms with Gasteiger partial charge in [-0.2, -0.15) is 5.10 Å². The molecule has 1 aliphatic heterocycles. The summed E-state index contributed by atoms with van der Waals surface area (Å²) in [6.45, 7) is 10.4. The SMILES string of the molecule is C=C(/C=C(\C=C(/C)NC(=O)C1CCCCC1)c1ccc2[nH]nc(-c3cc4c([nH]3)NC=CC=C4c3ccc(C)s3)c2n1)CC. The first-order chi connectivity index (χ1) is 20.9. The molecular weight excluding hydrogens is 552 g/mol. The zero-order chi connectivity index (χ0) is 29.9. The smallest absolute Gasteiger partial charge is 0.227 e. The lowest BCUT2D eigenvalue weighted by molar-refractivity contribution is -0.125. The first-order valence-electron chi connectivity index (χ1n) is 15.1. The fraction of sp³-hybridized carbons (Fsp3) is 0.286. The molecule has 1 fully saturated rings. The van der Waals surface area contributed by atoms with Gasteiger partial charge in [-0.15, -0.1) is 11.3 Å². The van der Waals surface area contributed by atoms with Crippen LogP contribution in [0, 0.1) is 12.8 Å². The number of amides is 1. The van der Waals surface area contributed by atoms with Gasteiger partial charge in [-0.05, 0) is 75.6 Å². The maximum Gasteiger partial charge on any atom is 0.227 e. The number of nitrogens with zero attached hydrogens (tertiary/aromatic N) is 2. The topological polar surface area (TPSA) is 98.5 Å². The second kappa shape index (κ2) is 12.4. The Morgan fingerprint density at radius 1 is 1.16 bits per heavy atom. The molecule has 0 radical (unpaired) electrons. The fourth-order valence-corrected chi connectivity index (χ4v) is 6.66. The number of hydrogen-bond donors (Lipinski definition) is 4. The molecule has 6 rings (SSSR count). The van der Waals surface area contributed by atoms with E-state index in [0.717, 1.165) is 94.0 Å². The third kappa shape index (κ3) is 6.20. The molecule has 4 aromatic rings. The number of thiophene rings is 1. The van der Waals surface area contributed by atoms with Crippen LogP contribution in [0.25, 0.3) is 33.6 Å². The summed E-state index contributed by atoms with van der Waals surface area (Å²) < 4.78 is 0. The molecule has 0 bridgehead atoms. The number of aryl methyl sites for hydroxylation is 1. The molecule has 7 nitrogen and oxygen atoms in total. The predicted octanol–water partition coefficient (Wildman–Crippen LogP) is 8.64. The summed E-state index contributed by atoms with van der Waals surface area (Å²) in [7, 11) is 0. The zero-order valence-corrected chi connectivity index (χ0v) is 25.8. The number of nitrogens with one attached hydrogen (secondary N) is 4. The number of fused-ring (bicyclic) bond motifs is 2. The van der Waals surface area contributed by atoms with Gasteiger partial charge in [-0.25, -0.2) is 4.98 Å². The van der Waals surface area contributed by atoms with E-state index in [1.807, 2.05) is 37.4 Å². The molecule has 0 aromatic carbocycles. The standard InChI is InChI=1S/C35H38N6OS/c1-5-21(2)18-25(19-22(3)37-35(42)24-10-7-6-8-11-24)28-14-15-29-32(38-28)33(41-40-29)30-20-27-26(31-16-13-23(4)43-31)12-9-17-36-34(27)39-30/h9,12-20,24,36,39H,2,5-8,10-11H2,1,3-4H3,(H,37,42)(H,40,41)/b22-19+,25-18+. The van der Waals surface area contributed by atoms with E-state index in [9.17, 15) is 4.79 Å². The molecule has 0 saturated heterocycles. The van der Waals surface area contributed by atoms with Crippen molar-refractivity contribution in [3.8, 4) is 11.4 Å². The first-order valence-corrected chi connectivity index (χ1v) is 15.9. The van der Waals surface area contributed by atoms with Crippen molar-refractivity contribution in [2.75, 3.05) is 5.32 Å². The number of H-pyrrole nitrogens is 2. The van der Waals surface area contributed by atoms with Gasteiger partial charge in [0.15, 0.2) is 0 Å². The van der Waals surface area contributed by atoms with Crippen LogP contribution in [-0.2, 0) is 4.79 Å². The highest BCUT2D eigenvalue weighted by Gasteiger charge is 2.22. The van der Waals surface area contributed by atoms with Crippen LogP contribution in [0.4, 0.5) is 5.82 Å². The van der Waals surface area contributed by atoms with E-state index in [4.69, 9.17) is 4.98 Å². The summed E-state index contributed by atoms with van der Waals surface area (Å²) in [6, 6.07) is 10.5. The molecule has 220 valence electrons. The van der Waals surface area contributed by atoms with Gasteiger partial charge >= 0.3 is 0 Å². The van der Waals surface area contributed by atoms with Crippen LogP contribution >= 0.6 is 11.3 Å². The summed E-state index contributed by atoms with van der Waals surface area (Å²) >= 11 is 1.78. The Hall–Kier alpha value is -4.43. The Morgan fingerprint density at radius 2 is 2.00 bits per heavy atom. The van der Waals surface area contributed by atoms with Crippen molar-refractivity contribution in [3.05, 3.63) is 99.7 Å². The highest BCUT2D eigenvalue weighted by Crippen LogP contribution is 2.38. The van der Waals surface area contributed by atoms with Crippen LogP contribution in [0.2, 0.25) is 0 Å². The number of anilines is 1. The van der Waals surface area contributed by atoms with Gasteiger partial charge in [0.25, 0.3) is 0 Å². The number of aromatic nitrogens is 4. The number of aromatic amines is 2. The molecule has 5 heterocycles. The van der Waals surface area contributed by atoms with Crippen LogP contribution < -0.4 is 10.6 Å². The average molecular weight is 591 g/mol. The number of carbonyl (C=O) groups is 1. The Balaban J connectivity index is 1.35. The molecule has 1 aliphatic carbocycles. The van der Waals surface area contributed by atoms with E-state index >= 15 is 0 Å². The second-order valence-electron chi connectivity index (χ2n) is 11.4. The van der Waals surface area contributed by atoms with Gasteiger partial charge < -0.3 is 15.6 Å². The normalized spacial score (nSPS) is 16.0. The number of pyridine rings is 1. The monoisotopic (exact) mass is 590 g/mol. The van der Waals surface area contributed by atoms with Crippen LogP contribution in [0.15, 0.2) is 78.7 Å². The lowest BCUT2D eigenvalue weighted by Crippen LogP contribution is -2.30. The predicted molar refractivity (Wildman–Crippen MR) is 178 cm³/mol. The molecule has 0 spiro atoms. The highest BCUT2D eigenvalue weighted by atomic mass is 32.1. The summed E-state index contributed by atoms with van der Waals surface area (Å²) in [5.74, 6) is 1.13. The Kier molecular flexibility index (Phi) is 8.29. The highest BCUT2D eigenvalue weighted by molar-refractivity contribution is 7.13. The van der Waals surface area contributed by atoms with E-state index in [-0.39, 0.29) is 11.8 Å². The van der Waals surface area contributed by atoms with E-state index in [2.05, 4.69) is 76.6 Å². The van der Waals surface area contributed by atoms with Crippen molar-refractivity contribution in [1.82, 2.24) is 25.5 Å². The minimum absolute atomic E-state index is 0.0956. The van der Waals surface area contributed by atoms with Crippen LogP contribution in [-0.4, -0.2) is 26.1 Å². The van der Waals surface area contributed by atoms with Gasteiger partial charge in [-0.1, -0.05) is 50.5 Å². The molecule has 1 amide bonds. The van der Waals surface area contributed by atoms with Gasteiger partial charge in [0, 0.05) is 44.3 Å². The first kappa shape index (κ1) is 28.7. The van der Waals surface area contributed by atoms with Gasteiger partial charge in [0.2, 0.25) is 5.91 Å². The molecule has 4 aromatic heterocycles. The molecule has 1 saturated carbocycles. The zero-order valence-electron chi connectivity index (χ0n) is 25.0. The van der Waals surface area contributed by atoms with Crippen LogP contribution in [0.1, 0.15) is 73.4 Å². The van der Waals surface area contributed by atoms with Gasteiger partial charge in [0.05, 0.1) is 16.9 Å². The fourth-order valence-electron chi connectivity index (χ4n) is 5.76. The average Bonchev–Trinajstić information content (AvgIpc) is 3.72. The number of hydrogen-bond acceptors (Lipinski definition) is 5. The third-order valence-electron chi connectivity index (χ3n) is 8.14. The van der Waals surface area contributed by atoms with E-state index < -0.39 is 0 Å². The lowest BCUT2D eigenvalue weighted by Gasteiger charge is -2.21. The molecule has 2 aliphatic rings. The quantitative estimate of drug-likeness (QED) is 0.154.